The third-order valence-electron chi connectivity index (χ3n) is 2.42. The van der Waals surface area contributed by atoms with E-state index in [-0.39, 0.29) is 18.9 Å². The summed E-state index contributed by atoms with van der Waals surface area (Å²) >= 11 is 0. The Morgan fingerprint density at radius 1 is 0.950 bits per heavy atom. The maximum atomic E-state index is 13.3. The fourth-order valence-corrected chi connectivity index (χ4v) is 1.50. The molecule has 0 radical (unpaired) electrons. The van der Waals surface area contributed by atoms with Gasteiger partial charge in [-0.25, -0.2) is 22.0 Å². The zero-order chi connectivity index (χ0) is 14.9. The lowest BCUT2D eigenvalue weighted by molar-refractivity contribution is 0.375. The first-order valence-corrected chi connectivity index (χ1v) is 5.46. The van der Waals surface area contributed by atoms with Gasteiger partial charge in [0.15, 0.2) is 29.1 Å². The molecule has 2 aromatic rings. The molecule has 0 amide bonds. The predicted octanol–water partition coefficient (Wildman–Crippen LogP) is 2.73. The van der Waals surface area contributed by atoms with Crippen molar-refractivity contribution in [2.75, 3.05) is 11.9 Å². The quantitative estimate of drug-likeness (QED) is 0.535. The van der Waals surface area contributed by atoms with Crippen molar-refractivity contribution in [3.63, 3.8) is 0 Å². The molecule has 0 aliphatic carbocycles. The predicted molar refractivity (Wildman–Crippen MR) is 57.5 cm³/mol. The first kappa shape index (κ1) is 14.2. The summed E-state index contributed by atoms with van der Waals surface area (Å²) in [5, 5.41) is 5.61. The molecule has 1 heterocycles. The van der Waals surface area contributed by atoms with Gasteiger partial charge >= 0.3 is 0 Å². The average molecular weight is 293 g/mol. The van der Waals surface area contributed by atoms with E-state index in [1.165, 1.54) is 0 Å². The molecular weight excluding hydrogens is 285 g/mol. The second-order valence-electron chi connectivity index (χ2n) is 3.86. The van der Waals surface area contributed by atoms with E-state index in [0.29, 0.717) is 5.82 Å². The molecule has 0 unspecified atom stereocenters. The van der Waals surface area contributed by atoms with E-state index in [0.717, 1.165) is 0 Å². The van der Waals surface area contributed by atoms with Gasteiger partial charge in [0.05, 0.1) is 0 Å². The Balaban J connectivity index is 2.13. The number of benzene rings is 1. The molecule has 0 bridgehead atoms. The van der Waals surface area contributed by atoms with Crippen LogP contribution in [0.4, 0.5) is 27.6 Å². The van der Waals surface area contributed by atoms with Crippen LogP contribution >= 0.6 is 0 Å². The van der Waals surface area contributed by atoms with Crippen molar-refractivity contribution < 1.29 is 26.5 Å². The summed E-state index contributed by atoms with van der Waals surface area (Å²) < 4.78 is 70.0. The maximum Gasteiger partial charge on any atom is 0.228 e. The lowest BCUT2D eigenvalue weighted by Gasteiger charge is -2.09. The van der Waals surface area contributed by atoms with Crippen LogP contribution in [0, 0.1) is 36.0 Å². The van der Waals surface area contributed by atoms with Gasteiger partial charge in [0.1, 0.15) is 5.69 Å². The zero-order valence-electron chi connectivity index (χ0n) is 10.1. The van der Waals surface area contributed by atoms with Gasteiger partial charge in [-0.3, -0.25) is 0 Å². The molecule has 1 N–H and O–H groups in total. The van der Waals surface area contributed by atoms with Gasteiger partial charge in [0.25, 0.3) is 0 Å². The van der Waals surface area contributed by atoms with Gasteiger partial charge in [-0.05, 0) is 6.92 Å². The Morgan fingerprint density at radius 2 is 1.50 bits per heavy atom. The molecule has 4 nitrogen and oxygen atoms in total. The van der Waals surface area contributed by atoms with Crippen LogP contribution in [-0.2, 0) is 6.42 Å². The van der Waals surface area contributed by atoms with Crippen molar-refractivity contribution in [3.05, 3.63) is 40.8 Å². The highest BCUT2D eigenvalue weighted by molar-refractivity contribution is 5.47. The summed E-state index contributed by atoms with van der Waals surface area (Å²) in [7, 11) is 0. The van der Waals surface area contributed by atoms with Crippen LogP contribution in [0.15, 0.2) is 4.52 Å². The van der Waals surface area contributed by atoms with Crippen LogP contribution in [0.25, 0.3) is 0 Å². The fraction of sp³-hybridized carbons (Fsp3) is 0.273. The van der Waals surface area contributed by atoms with Crippen LogP contribution < -0.4 is 5.32 Å². The van der Waals surface area contributed by atoms with E-state index in [2.05, 4.69) is 15.5 Å². The first-order chi connectivity index (χ1) is 9.41. The molecule has 2 rings (SSSR count). The van der Waals surface area contributed by atoms with Gasteiger partial charge in [0.2, 0.25) is 11.7 Å². The summed E-state index contributed by atoms with van der Waals surface area (Å²) in [5.41, 5.74) is -1.09. The fourth-order valence-electron chi connectivity index (χ4n) is 1.50. The minimum absolute atomic E-state index is 0.0698. The van der Waals surface area contributed by atoms with Crippen molar-refractivity contribution in [2.24, 2.45) is 0 Å². The van der Waals surface area contributed by atoms with E-state index in [9.17, 15) is 22.0 Å². The Morgan fingerprint density at radius 3 is 2.00 bits per heavy atom. The normalized spacial score (nSPS) is 10.9. The Kier molecular flexibility index (Phi) is 3.86. The van der Waals surface area contributed by atoms with Gasteiger partial charge in [-0.1, -0.05) is 5.16 Å². The SMILES string of the molecule is Cc1noc(CCNc2c(F)c(F)c(F)c(F)c2F)n1. The third-order valence-corrected chi connectivity index (χ3v) is 2.42. The molecule has 0 fully saturated rings. The molecule has 9 heteroatoms. The smallest absolute Gasteiger partial charge is 0.228 e. The van der Waals surface area contributed by atoms with E-state index in [1.807, 2.05) is 0 Å². The third kappa shape index (κ3) is 2.56. The van der Waals surface area contributed by atoms with Gasteiger partial charge in [0, 0.05) is 13.0 Å². The van der Waals surface area contributed by atoms with Crippen molar-refractivity contribution in [1.29, 1.82) is 0 Å². The molecule has 1 aromatic carbocycles. The van der Waals surface area contributed by atoms with E-state index < -0.39 is 34.8 Å². The number of hydrogen-bond acceptors (Lipinski definition) is 4. The lowest BCUT2D eigenvalue weighted by atomic mass is 10.2. The molecule has 0 aliphatic rings. The van der Waals surface area contributed by atoms with Crippen molar-refractivity contribution in [2.45, 2.75) is 13.3 Å². The summed E-state index contributed by atoms with van der Waals surface area (Å²) in [6, 6.07) is 0. The molecule has 0 saturated heterocycles. The average Bonchev–Trinajstić information content (AvgIpc) is 2.84. The number of aryl methyl sites for hydroxylation is 1. The monoisotopic (exact) mass is 293 g/mol. The Hall–Kier alpha value is -2.19. The van der Waals surface area contributed by atoms with E-state index in [4.69, 9.17) is 4.52 Å². The highest BCUT2D eigenvalue weighted by atomic mass is 19.2. The van der Waals surface area contributed by atoms with Crippen LogP contribution in [0.3, 0.4) is 0 Å². The number of halogens is 5. The second-order valence-corrected chi connectivity index (χ2v) is 3.86. The van der Waals surface area contributed by atoms with E-state index in [1.54, 1.807) is 6.92 Å². The minimum Gasteiger partial charge on any atom is -0.380 e. The van der Waals surface area contributed by atoms with Crippen molar-refractivity contribution >= 4 is 5.69 Å². The highest BCUT2D eigenvalue weighted by Crippen LogP contribution is 2.26. The zero-order valence-corrected chi connectivity index (χ0v) is 10.1. The lowest BCUT2D eigenvalue weighted by Crippen LogP contribution is -2.12. The molecule has 0 spiro atoms. The summed E-state index contributed by atoms with van der Waals surface area (Å²) in [5.74, 6) is -9.47. The summed E-state index contributed by atoms with van der Waals surface area (Å²) in [4.78, 5) is 3.82. The summed E-state index contributed by atoms with van der Waals surface area (Å²) in [6.45, 7) is 1.43. The Bertz CT molecular complexity index is 614. The van der Waals surface area contributed by atoms with Gasteiger partial charge in [-0.2, -0.15) is 4.98 Å². The number of rotatable bonds is 4. The van der Waals surface area contributed by atoms with E-state index >= 15 is 0 Å². The van der Waals surface area contributed by atoms with Crippen molar-refractivity contribution in [1.82, 2.24) is 10.1 Å². The van der Waals surface area contributed by atoms with Crippen LogP contribution in [0.1, 0.15) is 11.7 Å². The van der Waals surface area contributed by atoms with Gasteiger partial charge in [-0.15, -0.1) is 0 Å². The molecule has 20 heavy (non-hydrogen) atoms. The molecule has 0 aliphatic heterocycles. The minimum atomic E-state index is -2.20. The number of nitrogens with zero attached hydrogens (tertiary/aromatic N) is 2. The van der Waals surface area contributed by atoms with Crippen molar-refractivity contribution in [3.8, 4) is 0 Å². The van der Waals surface area contributed by atoms with Gasteiger partial charge < -0.3 is 9.84 Å². The summed E-state index contributed by atoms with van der Waals surface area (Å²) in [6.07, 6.45) is 0.0698. The molecule has 0 atom stereocenters. The molecule has 0 saturated carbocycles. The number of nitrogens with one attached hydrogen (secondary N) is 1. The maximum absolute atomic E-state index is 13.3. The molecule has 108 valence electrons. The number of hydrogen-bond donors (Lipinski definition) is 1. The standard InChI is InChI=1S/C11H8F5N3O/c1-4-18-5(20-19-4)2-3-17-11-9(15)7(13)6(12)8(14)10(11)16/h17H,2-3H2,1H3. The topological polar surface area (TPSA) is 51.0 Å². The molecular formula is C11H8F5N3O. The highest BCUT2D eigenvalue weighted by Gasteiger charge is 2.25. The van der Waals surface area contributed by atoms with Crippen LogP contribution in [-0.4, -0.2) is 16.7 Å². The van der Waals surface area contributed by atoms with Crippen LogP contribution in [0.2, 0.25) is 0 Å². The second kappa shape index (κ2) is 5.43. The van der Waals surface area contributed by atoms with Crippen LogP contribution in [0.5, 0.6) is 0 Å². The Labute approximate surface area is 109 Å². The number of anilines is 1. The number of aromatic nitrogens is 2. The first-order valence-electron chi connectivity index (χ1n) is 5.46. The largest absolute Gasteiger partial charge is 0.380 e. The molecule has 1 aromatic heterocycles.